The van der Waals surface area contributed by atoms with Gasteiger partial charge in [-0.2, -0.15) is 26.3 Å². The van der Waals surface area contributed by atoms with Crippen LogP contribution in [0.15, 0.2) is 25.0 Å². The topological polar surface area (TPSA) is 9.23 Å². The summed E-state index contributed by atoms with van der Waals surface area (Å²) in [6.07, 6.45) is -5.89. The van der Waals surface area contributed by atoms with E-state index in [1.165, 1.54) is 0 Å². The van der Waals surface area contributed by atoms with E-state index < -0.39 is 36.4 Å². The minimum atomic E-state index is -6.24. The van der Waals surface area contributed by atoms with E-state index in [0.29, 0.717) is 0 Å². The van der Waals surface area contributed by atoms with Gasteiger partial charge in [-0.05, 0) is 0 Å². The fraction of sp³-hybridized carbons (Fsp3) is 0.600. The molecule has 0 aromatic carbocycles. The molecule has 0 aromatic heterocycles. The van der Waals surface area contributed by atoms with Gasteiger partial charge in [-0.15, -0.1) is 0 Å². The van der Waals surface area contributed by atoms with Crippen LogP contribution in [0.5, 0.6) is 0 Å². The summed E-state index contributed by atoms with van der Waals surface area (Å²) in [6.45, 7) is 5.55. The highest BCUT2D eigenvalue weighted by atomic mass is 19.4. The SMILES string of the molecule is C=CCOC(=C)CC(F)(F)C(F)(F)C(F)(F)C(F)F. The Bertz CT molecular complexity index is 336. The summed E-state index contributed by atoms with van der Waals surface area (Å²) in [7, 11) is 0. The van der Waals surface area contributed by atoms with Gasteiger partial charge >= 0.3 is 24.2 Å². The summed E-state index contributed by atoms with van der Waals surface area (Å²) < 4.78 is 104. The molecular weight excluding hydrogens is 288 g/mol. The van der Waals surface area contributed by atoms with Gasteiger partial charge in [-0.25, -0.2) is 8.78 Å². The highest BCUT2D eigenvalue weighted by Crippen LogP contribution is 2.50. The Kier molecular flexibility index (Phi) is 5.40. The first-order valence-electron chi connectivity index (χ1n) is 4.73. The van der Waals surface area contributed by atoms with Crippen molar-refractivity contribution in [2.24, 2.45) is 0 Å². The minimum Gasteiger partial charge on any atom is -0.494 e. The lowest BCUT2D eigenvalue weighted by atomic mass is 10.0. The van der Waals surface area contributed by atoms with Crippen molar-refractivity contribution in [2.45, 2.75) is 30.6 Å². The van der Waals surface area contributed by atoms with Crippen molar-refractivity contribution in [1.82, 2.24) is 0 Å². The van der Waals surface area contributed by atoms with Gasteiger partial charge in [-0.1, -0.05) is 19.2 Å². The number of hydrogen-bond donors (Lipinski definition) is 0. The first-order chi connectivity index (χ1) is 8.40. The van der Waals surface area contributed by atoms with Gasteiger partial charge in [-0.3, -0.25) is 0 Å². The van der Waals surface area contributed by atoms with Crippen LogP contribution in [0.1, 0.15) is 6.42 Å². The summed E-state index contributed by atoms with van der Waals surface area (Å²) in [5.74, 6) is -18.8. The third kappa shape index (κ3) is 3.60. The van der Waals surface area contributed by atoms with Crippen LogP contribution in [0.25, 0.3) is 0 Å². The molecule has 0 heterocycles. The normalized spacial score (nSPS) is 13.5. The maximum atomic E-state index is 13.0. The van der Waals surface area contributed by atoms with Gasteiger partial charge in [0.25, 0.3) is 0 Å². The van der Waals surface area contributed by atoms with Crippen molar-refractivity contribution in [3.8, 4) is 0 Å². The second-order valence-electron chi connectivity index (χ2n) is 3.52. The molecule has 0 unspecified atom stereocenters. The van der Waals surface area contributed by atoms with Crippen LogP contribution in [0.3, 0.4) is 0 Å². The summed E-state index contributed by atoms with van der Waals surface area (Å²) in [6, 6.07) is 0. The van der Waals surface area contributed by atoms with E-state index in [2.05, 4.69) is 17.9 Å². The van der Waals surface area contributed by atoms with Gasteiger partial charge in [0.2, 0.25) is 0 Å². The monoisotopic (exact) mass is 298 g/mol. The Balaban J connectivity index is 5.07. The Morgan fingerprint density at radius 1 is 1.11 bits per heavy atom. The molecule has 0 amide bonds. The molecular formula is C10H10F8O. The molecule has 0 fully saturated rings. The smallest absolute Gasteiger partial charge is 0.378 e. The molecule has 112 valence electrons. The lowest BCUT2D eigenvalue weighted by molar-refractivity contribution is -0.338. The number of rotatable bonds is 8. The average Bonchev–Trinajstić information content (AvgIpc) is 2.24. The second kappa shape index (κ2) is 5.79. The lowest BCUT2D eigenvalue weighted by Crippen LogP contribution is -2.57. The quantitative estimate of drug-likeness (QED) is 0.369. The number of halogens is 8. The third-order valence-corrected chi connectivity index (χ3v) is 1.98. The van der Waals surface area contributed by atoms with Gasteiger partial charge in [0, 0.05) is 0 Å². The van der Waals surface area contributed by atoms with E-state index in [1.807, 2.05) is 0 Å². The predicted molar refractivity (Wildman–Crippen MR) is 50.8 cm³/mol. The van der Waals surface area contributed by atoms with Crippen molar-refractivity contribution in [1.29, 1.82) is 0 Å². The molecule has 0 radical (unpaired) electrons. The zero-order valence-corrected chi connectivity index (χ0v) is 9.42. The molecule has 1 nitrogen and oxygen atoms in total. The van der Waals surface area contributed by atoms with Crippen molar-refractivity contribution in [3.05, 3.63) is 25.0 Å². The average molecular weight is 298 g/mol. The van der Waals surface area contributed by atoms with Gasteiger partial charge in [0.05, 0.1) is 12.2 Å². The van der Waals surface area contributed by atoms with E-state index in [-0.39, 0.29) is 6.61 Å². The van der Waals surface area contributed by atoms with Crippen molar-refractivity contribution in [3.63, 3.8) is 0 Å². The first-order valence-corrected chi connectivity index (χ1v) is 4.73. The number of alkyl halides is 8. The molecule has 0 saturated heterocycles. The van der Waals surface area contributed by atoms with Crippen molar-refractivity contribution >= 4 is 0 Å². The van der Waals surface area contributed by atoms with Crippen LogP contribution >= 0.6 is 0 Å². The zero-order chi connectivity index (χ0) is 15.5. The molecule has 9 heteroatoms. The third-order valence-electron chi connectivity index (χ3n) is 1.98. The summed E-state index contributed by atoms with van der Waals surface area (Å²) in [5, 5.41) is 0. The largest absolute Gasteiger partial charge is 0.494 e. The maximum Gasteiger partial charge on any atom is 0.378 e. The van der Waals surface area contributed by atoms with E-state index in [1.54, 1.807) is 0 Å². The number of allylic oxidation sites excluding steroid dienone is 1. The molecule has 19 heavy (non-hydrogen) atoms. The minimum absolute atomic E-state index is 0.369. The second-order valence-corrected chi connectivity index (χ2v) is 3.52. The Hall–Kier alpha value is -1.28. The standard InChI is InChI=1S/C10H10F8O/c1-3-4-19-6(2)5-8(13,14)10(17,18)9(15,16)7(11)12/h3,7H,1-2,4-5H2. The van der Waals surface area contributed by atoms with Crippen LogP contribution in [-0.2, 0) is 4.74 Å². The molecule has 0 atom stereocenters. The van der Waals surface area contributed by atoms with Crippen LogP contribution in [-0.4, -0.2) is 30.8 Å². The van der Waals surface area contributed by atoms with Crippen molar-refractivity contribution < 1.29 is 39.9 Å². The Morgan fingerprint density at radius 3 is 1.95 bits per heavy atom. The van der Waals surface area contributed by atoms with Gasteiger partial charge in [0.15, 0.2) is 0 Å². The molecule has 0 bridgehead atoms. The Morgan fingerprint density at radius 2 is 1.58 bits per heavy atom. The molecule has 0 aliphatic heterocycles. The maximum absolute atomic E-state index is 13.0. The number of ether oxygens (including phenoxy) is 1. The summed E-state index contributed by atoms with van der Waals surface area (Å²) in [4.78, 5) is 0. The molecule has 0 rings (SSSR count). The van der Waals surface area contributed by atoms with Crippen LogP contribution in [0.2, 0.25) is 0 Å². The fourth-order valence-electron chi connectivity index (χ4n) is 0.967. The van der Waals surface area contributed by atoms with E-state index >= 15 is 0 Å². The summed E-state index contributed by atoms with van der Waals surface area (Å²) in [5.41, 5.74) is 0. The molecule has 0 N–H and O–H groups in total. The molecule has 0 aliphatic carbocycles. The van der Waals surface area contributed by atoms with Crippen molar-refractivity contribution in [2.75, 3.05) is 6.61 Å². The number of hydrogen-bond acceptors (Lipinski definition) is 1. The first kappa shape index (κ1) is 17.7. The van der Waals surface area contributed by atoms with Gasteiger partial charge < -0.3 is 4.74 Å². The highest BCUT2D eigenvalue weighted by Gasteiger charge is 2.75. The van der Waals surface area contributed by atoms with E-state index in [0.717, 1.165) is 6.08 Å². The van der Waals surface area contributed by atoms with Crippen LogP contribution in [0.4, 0.5) is 35.1 Å². The van der Waals surface area contributed by atoms with Crippen LogP contribution in [0, 0.1) is 0 Å². The summed E-state index contributed by atoms with van der Waals surface area (Å²) >= 11 is 0. The molecule has 0 spiro atoms. The van der Waals surface area contributed by atoms with E-state index in [9.17, 15) is 35.1 Å². The van der Waals surface area contributed by atoms with Gasteiger partial charge in [0.1, 0.15) is 6.61 Å². The van der Waals surface area contributed by atoms with E-state index in [4.69, 9.17) is 0 Å². The lowest BCUT2D eigenvalue weighted by Gasteiger charge is -2.32. The van der Waals surface area contributed by atoms with Crippen LogP contribution < -0.4 is 0 Å². The fourth-order valence-corrected chi connectivity index (χ4v) is 0.967. The predicted octanol–water partition coefficient (Wildman–Crippen LogP) is 4.26. The Labute approximate surface area is 103 Å². The molecule has 0 saturated carbocycles. The molecule has 0 aliphatic rings. The zero-order valence-electron chi connectivity index (χ0n) is 9.42. The molecule has 0 aromatic rings. The highest BCUT2D eigenvalue weighted by molar-refractivity contribution is 5.03.